The maximum atomic E-state index is 4.55. The summed E-state index contributed by atoms with van der Waals surface area (Å²) in [5.74, 6) is 1.01. The SMILES string of the molecule is Cc1ccsc1-c1nccn1Cc1ccccc1-n1cncn1. The number of rotatable bonds is 4. The van der Waals surface area contributed by atoms with Gasteiger partial charge in [-0.15, -0.1) is 11.3 Å². The molecule has 0 N–H and O–H groups in total. The summed E-state index contributed by atoms with van der Waals surface area (Å²) in [6.07, 6.45) is 7.14. The van der Waals surface area contributed by atoms with Crippen LogP contribution in [0.1, 0.15) is 11.1 Å². The molecule has 23 heavy (non-hydrogen) atoms. The molecule has 0 saturated carbocycles. The van der Waals surface area contributed by atoms with E-state index >= 15 is 0 Å². The fourth-order valence-corrected chi connectivity index (χ4v) is 3.57. The molecule has 0 bridgehead atoms. The molecular weight excluding hydrogens is 306 g/mol. The van der Waals surface area contributed by atoms with Crippen LogP contribution in [0.5, 0.6) is 0 Å². The van der Waals surface area contributed by atoms with Gasteiger partial charge in [-0.3, -0.25) is 0 Å². The van der Waals surface area contributed by atoms with E-state index in [1.807, 2.05) is 24.5 Å². The van der Waals surface area contributed by atoms with E-state index in [-0.39, 0.29) is 0 Å². The maximum absolute atomic E-state index is 4.55. The van der Waals surface area contributed by atoms with E-state index in [0.717, 1.165) is 18.1 Å². The number of benzene rings is 1. The van der Waals surface area contributed by atoms with Crippen molar-refractivity contribution in [1.82, 2.24) is 24.3 Å². The Bertz CT molecular complexity index is 920. The average molecular weight is 321 g/mol. The first-order chi connectivity index (χ1) is 11.3. The van der Waals surface area contributed by atoms with E-state index in [1.54, 1.807) is 28.7 Å². The van der Waals surface area contributed by atoms with Crippen LogP contribution < -0.4 is 0 Å². The molecule has 0 atom stereocenters. The van der Waals surface area contributed by atoms with Crippen molar-refractivity contribution in [3.8, 4) is 16.4 Å². The Hall–Kier alpha value is -2.73. The summed E-state index contributed by atoms with van der Waals surface area (Å²) in [6, 6.07) is 10.4. The van der Waals surface area contributed by atoms with Gasteiger partial charge in [0.05, 0.1) is 17.1 Å². The van der Waals surface area contributed by atoms with Crippen molar-refractivity contribution in [3.63, 3.8) is 0 Å². The van der Waals surface area contributed by atoms with Crippen LogP contribution in [0.25, 0.3) is 16.4 Å². The second-order valence-electron chi connectivity index (χ2n) is 5.28. The number of hydrogen-bond donors (Lipinski definition) is 0. The van der Waals surface area contributed by atoms with Crippen molar-refractivity contribution < 1.29 is 0 Å². The van der Waals surface area contributed by atoms with Crippen molar-refractivity contribution in [2.75, 3.05) is 0 Å². The molecule has 0 fully saturated rings. The maximum Gasteiger partial charge on any atom is 0.150 e. The van der Waals surface area contributed by atoms with E-state index < -0.39 is 0 Å². The average Bonchev–Trinajstić information content (AvgIpc) is 3.29. The molecule has 0 unspecified atom stereocenters. The van der Waals surface area contributed by atoms with Gasteiger partial charge in [-0.05, 0) is 35.6 Å². The zero-order valence-corrected chi connectivity index (χ0v) is 13.4. The molecule has 5 nitrogen and oxygen atoms in total. The van der Waals surface area contributed by atoms with Crippen LogP contribution in [0.2, 0.25) is 0 Å². The van der Waals surface area contributed by atoms with Crippen molar-refractivity contribution in [3.05, 3.63) is 71.9 Å². The summed E-state index contributed by atoms with van der Waals surface area (Å²) >= 11 is 1.72. The molecule has 1 aromatic carbocycles. The van der Waals surface area contributed by atoms with Crippen LogP contribution >= 0.6 is 11.3 Å². The van der Waals surface area contributed by atoms with Gasteiger partial charge in [-0.1, -0.05) is 18.2 Å². The molecular formula is C17H15N5S. The van der Waals surface area contributed by atoms with E-state index in [4.69, 9.17) is 0 Å². The highest BCUT2D eigenvalue weighted by atomic mass is 32.1. The predicted molar refractivity (Wildman–Crippen MR) is 90.7 cm³/mol. The Labute approximate surface area is 137 Å². The summed E-state index contributed by atoms with van der Waals surface area (Å²) in [5, 5.41) is 6.35. The highest BCUT2D eigenvalue weighted by Crippen LogP contribution is 2.28. The molecule has 0 saturated heterocycles. The summed E-state index contributed by atoms with van der Waals surface area (Å²) in [7, 11) is 0. The Balaban J connectivity index is 1.74. The monoisotopic (exact) mass is 321 g/mol. The minimum Gasteiger partial charge on any atom is -0.326 e. The number of hydrogen-bond acceptors (Lipinski definition) is 4. The quantitative estimate of drug-likeness (QED) is 0.577. The molecule has 3 aromatic heterocycles. The third kappa shape index (κ3) is 2.57. The van der Waals surface area contributed by atoms with Gasteiger partial charge in [-0.25, -0.2) is 14.6 Å². The lowest BCUT2D eigenvalue weighted by atomic mass is 10.1. The number of thiophene rings is 1. The van der Waals surface area contributed by atoms with Crippen LogP contribution in [0.3, 0.4) is 0 Å². The lowest BCUT2D eigenvalue weighted by molar-refractivity contribution is 0.782. The number of nitrogens with zero attached hydrogens (tertiary/aromatic N) is 5. The first-order valence-electron chi connectivity index (χ1n) is 7.31. The third-order valence-corrected chi connectivity index (χ3v) is 4.79. The third-order valence-electron chi connectivity index (χ3n) is 3.78. The molecule has 3 heterocycles. The van der Waals surface area contributed by atoms with Crippen LogP contribution in [0.4, 0.5) is 0 Å². The minimum atomic E-state index is 0.739. The highest BCUT2D eigenvalue weighted by Gasteiger charge is 2.12. The molecule has 6 heteroatoms. The van der Waals surface area contributed by atoms with E-state index in [9.17, 15) is 0 Å². The van der Waals surface area contributed by atoms with Crippen LogP contribution in [0.15, 0.2) is 60.8 Å². The fraction of sp³-hybridized carbons (Fsp3) is 0.118. The summed E-state index contributed by atoms with van der Waals surface area (Å²) in [4.78, 5) is 9.80. The van der Waals surface area contributed by atoms with Gasteiger partial charge < -0.3 is 4.57 Å². The molecule has 0 radical (unpaired) electrons. The Morgan fingerprint density at radius 3 is 2.87 bits per heavy atom. The van der Waals surface area contributed by atoms with Crippen LogP contribution in [-0.2, 0) is 6.54 Å². The van der Waals surface area contributed by atoms with Crippen molar-refractivity contribution in [1.29, 1.82) is 0 Å². The Morgan fingerprint density at radius 1 is 1.17 bits per heavy atom. The second kappa shape index (κ2) is 5.81. The molecule has 114 valence electrons. The lowest BCUT2D eigenvalue weighted by Crippen LogP contribution is -2.06. The van der Waals surface area contributed by atoms with Gasteiger partial charge >= 0.3 is 0 Å². The van der Waals surface area contributed by atoms with Gasteiger partial charge in [0.2, 0.25) is 0 Å². The zero-order valence-electron chi connectivity index (χ0n) is 12.6. The zero-order chi connectivity index (χ0) is 15.6. The molecule has 0 aliphatic rings. The van der Waals surface area contributed by atoms with Crippen LogP contribution in [0, 0.1) is 6.92 Å². The normalized spacial score (nSPS) is 11.0. The summed E-state index contributed by atoms with van der Waals surface area (Å²) in [5.41, 5.74) is 3.46. The van der Waals surface area contributed by atoms with Gasteiger partial charge in [0.15, 0.2) is 5.82 Å². The largest absolute Gasteiger partial charge is 0.326 e. The number of imidazole rings is 1. The number of aromatic nitrogens is 5. The molecule has 0 amide bonds. The van der Waals surface area contributed by atoms with E-state index in [1.165, 1.54) is 16.0 Å². The van der Waals surface area contributed by atoms with Gasteiger partial charge in [0.25, 0.3) is 0 Å². The first-order valence-corrected chi connectivity index (χ1v) is 8.19. The molecule has 0 spiro atoms. The van der Waals surface area contributed by atoms with E-state index in [2.05, 4.69) is 50.1 Å². The van der Waals surface area contributed by atoms with Crippen molar-refractivity contribution >= 4 is 11.3 Å². The topological polar surface area (TPSA) is 48.5 Å². The highest BCUT2D eigenvalue weighted by molar-refractivity contribution is 7.13. The molecule has 0 aliphatic heterocycles. The molecule has 4 rings (SSSR count). The Morgan fingerprint density at radius 2 is 2.09 bits per heavy atom. The van der Waals surface area contributed by atoms with Gasteiger partial charge in [0, 0.05) is 12.4 Å². The lowest BCUT2D eigenvalue weighted by Gasteiger charge is -2.12. The minimum absolute atomic E-state index is 0.739. The predicted octanol–water partition coefficient (Wildman–Crippen LogP) is 3.55. The number of aryl methyl sites for hydroxylation is 1. The second-order valence-corrected chi connectivity index (χ2v) is 6.20. The van der Waals surface area contributed by atoms with E-state index in [0.29, 0.717) is 0 Å². The van der Waals surface area contributed by atoms with Gasteiger partial charge in [0.1, 0.15) is 12.7 Å². The summed E-state index contributed by atoms with van der Waals surface area (Å²) in [6.45, 7) is 2.86. The molecule has 4 aromatic rings. The molecule has 0 aliphatic carbocycles. The fourth-order valence-electron chi connectivity index (χ4n) is 2.63. The number of para-hydroxylation sites is 1. The van der Waals surface area contributed by atoms with Gasteiger partial charge in [-0.2, -0.15) is 5.10 Å². The smallest absolute Gasteiger partial charge is 0.150 e. The van der Waals surface area contributed by atoms with Crippen molar-refractivity contribution in [2.24, 2.45) is 0 Å². The van der Waals surface area contributed by atoms with Crippen LogP contribution in [-0.4, -0.2) is 24.3 Å². The standard InChI is InChI=1S/C17H15N5S/c1-13-6-9-23-16(13)17-19-7-8-21(17)10-14-4-2-3-5-15(14)22-12-18-11-20-22/h2-9,11-12H,10H2,1H3. The van der Waals surface area contributed by atoms with Crippen molar-refractivity contribution in [2.45, 2.75) is 13.5 Å². The Kier molecular flexibility index (Phi) is 3.51. The first kappa shape index (κ1) is 13.9. The summed E-state index contributed by atoms with van der Waals surface area (Å²) < 4.78 is 3.97.